The molecule has 0 aromatic carbocycles. The molecule has 3 nitrogen and oxygen atoms in total. The molecule has 0 radical (unpaired) electrons. The average Bonchev–Trinajstić information content (AvgIpc) is 2.29. The maximum absolute atomic E-state index is 4.57. The second-order valence-corrected chi connectivity index (χ2v) is 4.09. The summed E-state index contributed by atoms with van der Waals surface area (Å²) < 4.78 is 2.11. The molecule has 3 heteroatoms. The summed E-state index contributed by atoms with van der Waals surface area (Å²) in [6, 6.07) is 0. The molecular weight excluding hydrogens is 162 g/mol. The molecule has 1 rings (SSSR count). The van der Waals surface area contributed by atoms with Crippen LogP contribution in [0.3, 0.4) is 0 Å². The Morgan fingerprint density at radius 3 is 2.46 bits per heavy atom. The van der Waals surface area contributed by atoms with E-state index in [9.17, 15) is 0 Å². The molecule has 0 N–H and O–H groups in total. The van der Waals surface area contributed by atoms with Gasteiger partial charge in [0.1, 0.15) is 5.82 Å². The van der Waals surface area contributed by atoms with Gasteiger partial charge in [0.05, 0.1) is 5.69 Å². The van der Waals surface area contributed by atoms with Crippen molar-refractivity contribution >= 4 is 0 Å². The summed E-state index contributed by atoms with van der Waals surface area (Å²) >= 11 is 0. The van der Waals surface area contributed by atoms with Gasteiger partial charge in [0.15, 0.2) is 0 Å². The molecule has 1 heterocycles. The normalized spacial score (nSPS) is 11.6. The van der Waals surface area contributed by atoms with Crippen LogP contribution < -0.4 is 0 Å². The van der Waals surface area contributed by atoms with Crippen molar-refractivity contribution in [3.8, 4) is 0 Å². The van der Waals surface area contributed by atoms with Gasteiger partial charge in [0.25, 0.3) is 0 Å². The summed E-state index contributed by atoms with van der Waals surface area (Å²) in [5.74, 6) is 1.66. The van der Waals surface area contributed by atoms with Crippen LogP contribution in [-0.4, -0.2) is 28.5 Å². The summed E-state index contributed by atoms with van der Waals surface area (Å²) in [7, 11) is 6.18. The molecule has 74 valence electrons. The lowest BCUT2D eigenvalue weighted by molar-refractivity contribution is 0.397. The highest BCUT2D eigenvalue weighted by Gasteiger charge is 2.08. The van der Waals surface area contributed by atoms with E-state index >= 15 is 0 Å². The zero-order chi connectivity index (χ0) is 10.0. The predicted octanol–water partition coefficient (Wildman–Crippen LogP) is 1.61. The Labute approximate surface area is 80.4 Å². The van der Waals surface area contributed by atoms with Gasteiger partial charge in [-0.05, 0) is 14.1 Å². The maximum Gasteiger partial charge on any atom is 0.111 e. The van der Waals surface area contributed by atoms with E-state index in [2.05, 4.69) is 55.6 Å². The number of aryl methyl sites for hydroxylation is 1. The summed E-state index contributed by atoms with van der Waals surface area (Å²) in [5, 5.41) is 0. The van der Waals surface area contributed by atoms with E-state index in [4.69, 9.17) is 0 Å². The van der Waals surface area contributed by atoms with Gasteiger partial charge in [-0.25, -0.2) is 4.98 Å². The average molecular weight is 181 g/mol. The van der Waals surface area contributed by atoms with Crippen LogP contribution in [0.2, 0.25) is 0 Å². The highest BCUT2D eigenvalue weighted by atomic mass is 15.1. The Balaban J connectivity index is 2.82. The summed E-state index contributed by atoms with van der Waals surface area (Å²) in [6.07, 6.45) is 2.11. The second kappa shape index (κ2) is 3.92. The maximum atomic E-state index is 4.57. The van der Waals surface area contributed by atoms with Crippen LogP contribution >= 0.6 is 0 Å². The van der Waals surface area contributed by atoms with Crippen LogP contribution in [0.25, 0.3) is 0 Å². The molecule has 13 heavy (non-hydrogen) atoms. The van der Waals surface area contributed by atoms with Crippen molar-refractivity contribution in [2.45, 2.75) is 26.3 Å². The topological polar surface area (TPSA) is 21.1 Å². The van der Waals surface area contributed by atoms with Crippen molar-refractivity contribution in [1.82, 2.24) is 14.5 Å². The molecule has 0 aliphatic rings. The first-order valence-electron chi connectivity index (χ1n) is 4.67. The van der Waals surface area contributed by atoms with Crippen LogP contribution in [0, 0.1) is 0 Å². The van der Waals surface area contributed by atoms with Crippen molar-refractivity contribution in [2.75, 3.05) is 14.1 Å². The fourth-order valence-corrected chi connectivity index (χ4v) is 1.48. The fraction of sp³-hybridized carbons (Fsp3) is 0.700. The molecular formula is C10H19N3. The smallest absolute Gasteiger partial charge is 0.111 e. The van der Waals surface area contributed by atoms with Crippen LogP contribution in [0.15, 0.2) is 6.20 Å². The van der Waals surface area contributed by atoms with Gasteiger partial charge in [0.2, 0.25) is 0 Å². The largest absolute Gasteiger partial charge is 0.337 e. The first-order chi connectivity index (χ1) is 6.00. The molecule has 0 unspecified atom stereocenters. The van der Waals surface area contributed by atoms with Gasteiger partial charge in [-0.2, -0.15) is 0 Å². The lowest BCUT2D eigenvalue weighted by atomic mass is 10.2. The molecule has 0 saturated heterocycles. The molecule has 0 aliphatic heterocycles. The highest BCUT2D eigenvalue weighted by molar-refractivity contribution is 5.06. The Morgan fingerprint density at radius 1 is 1.46 bits per heavy atom. The van der Waals surface area contributed by atoms with Crippen molar-refractivity contribution in [2.24, 2.45) is 7.05 Å². The van der Waals surface area contributed by atoms with Gasteiger partial charge in [-0.15, -0.1) is 0 Å². The third-order valence-electron chi connectivity index (χ3n) is 1.96. The molecule has 1 aromatic rings. The summed E-state index contributed by atoms with van der Waals surface area (Å²) in [4.78, 5) is 6.70. The second-order valence-electron chi connectivity index (χ2n) is 4.09. The summed E-state index contributed by atoms with van der Waals surface area (Å²) in [6.45, 7) is 5.25. The third-order valence-corrected chi connectivity index (χ3v) is 1.96. The number of imidazole rings is 1. The van der Waals surface area contributed by atoms with Crippen LogP contribution in [0.5, 0.6) is 0 Å². The minimum atomic E-state index is 0.501. The summed E-state index contributed by atoms with van der Waals surface area (Å²) in [5.41, 5.74) is 1.15. The number of hydrogen-bond acceptors (Lipinski definition) is 2. The van der Waals surface area contributed by atoms with E-state index in [1.165, 1.54) is 0 Å². The molecule has 0 bridgehead atoms. The number of rotatable bonds is 3. The molecule has 0 fully saturated rings. The van der Waals surface area contributed by atoms with Crippen LogP contribution in [-0.2, 0) is 13.6 Å². The Hall–Kier alpha value is -0.830. The molecule has 0 atom stereocenters. The molecule has 0 amide bonds. The number of hydrogen-bond donors (Lipinski definition) is 0. The Kier molecular flexibility index (Phi) is 3.09. The molecule has 0 spiro atoms. The molecule has 0 aliphatic carbocycles. The minimum Gasteiger partial charge on any atom is -0.337 e. The lowest BCUT2D eigenvalue weighted by Crippen LogP contribution is -2.10. The first kappa shape index (κ1) is 10.3. The fourth-order valence-electron chi connectivity index (χ4n) is 1.48. The highest BCUT2D eigenvalue weighted by Crippen LogP contribution is 2.13. The van der Waals surface area contributed by atoms with Gasteiger partial charge in [0, 0.05) is 25.7 Å². The van der Waals surface area contributed by atoms with Gasteiger partial charge in [-0.3, -0.25) is 0 Å². The van der Waals surface area contributed by atoms with E-state index in [0.29, 0.717) is 5.92 Å². The van der Waals surface area contributed by atoms with Gasteiger partial charge in [-0.1, -0.05) is 13.8 Å². The Bertz CT molecular complexity index is 274. The van der Waals surface area contributed by atoms with E-state index < -0.39 is 0 Å². The monoisotopic (exact) mass is 181 g/mol. The minimum absolute atomic E-state index is 0.501. The molecule has 1 aromatic heterocycles. The third kappa shape index (κ3) is 2.56. The van der Waals surface area contributed by atoms with Crippen molar-refractivity contribution < 1.29 is 0 Å². The number of nitrogens with zero attached hydrogens (tertiary/aromatic N) is 3. The van der Waals surface area contributed by atoms with Crippen LogP contribution in [0.4, 0.5) is 0 Å². The lowest BCUT2D eigenvalue weighted by Gasteiger charge is -2.05. The predicted molar refractivity (Wildman–Crippen MR) is 54.7 cm³/mol. The Morgan fingerprint density at radius 2 is 2.08 bits per heavy atom. The number of aromatic nitrogens is 2. The molecule has 0 saturated carbocycles. The zero-order valence-electron chi connectivity index (χ0n) is 9.20. The van der Waals surface area contributed by atoms with E-state index in [1.807, 2.05) is 0 Å². The zero-order valence-corrected chi connectivity index (χ0v) is 9.20. The van der Waals surface area contributed by atoms with Gasteiger partial charge >= 0.3 is 0 Å². The van der Waals surface area contributed by atoms with E-state index in [-0.39, 0.29) is 0 Å². The van der Waals surface area contributed by atoms with E-state index in [1.54, 1.807) is 0 Å². The quantitative estimate of drug-likeness (QED) is 0.706. The first-order valence-corrected chi connectivity index (χ1v) is 4.67. The van der Waals surface area contributed by atoms with Crippen LogP contribution in [0.1, 0.15) is 31.3 Å². The standard InChI is InChI=1S/C10H19N3/c1-8(2)10-11-9(6-12(3)4)7-13(10)5/h7-8H,6H2,1-5H3. The van der Waals surface area contributed by atoms with Crippen molar-refractivity contribution in [3.63, 3.8) is 0 Å². The van der Waals surface area contributed by atoms with E-state index in [0.717, 1.165) is 18.1 Å². The van der Waals surface area contributed by atoms with Crippen molar-refractivity contribution in [3.05, 3.63) is 17.7 Å². The van der Waals surface area contributed by atoms with Gasteiger partial charge < -0.3 is 9.47 Å². The SMILES string of the molecule is CC(C)c1nc(CN(C)C)cn1C. The van der Waals surface area contributed by atoms with Crippen molar-refractivity contribution in [1.29, 1.82) is 0 Å².